The van der Waals surface area contributed by atoms with E-state index in [0.717, 1.165) is 22.1 Å². The molecule has 0 bridgehead atoms. The Labute approximate surface area is 116 Å². The molecule has 98 valence electrons. The van der Waals surface area contributed by atoms with Crippen molar-refractivity contribution < 1.29 is 9.53 Å². The number of ether oxygens (including phenoxy) is 1. The van der Waals surface area contributed by atoms with E-state index < -0.39 is 6.10 Å². The Kier molecular flexibility index (Phi) is 6.09. The third-order valence-corrected chi connectivity index (χ3v) is 3.10. The average Bonchev–Trinajstić information content (AvgIpc) is 2.32. The van der Waals surface area contributed by atoms with Crippen LogP contribution in [-0.4, -0.2) is 18.6 Å². The molecular formula is C14H18BrNO2. The summed E-state index contributed by atoms with van der Waals surface area (Å²) in [6.07, 6.45) is 2.03. The molecule has 1 atom stereocenters. The van der Waals surface area contributed by atoms with Crippen LogP contribution in [0.4, 0.5) is 5.69 Å². The molecule has 3 nitrogen and oxygen atoms in total. The molecule has 1 amide bonds. The summed E-state index contributed by atoms with van der Waals surface area (Å²) in [7, 11) is 0. The minimum atomic E-state index is -0.474. The summed E-state index contributed by atoms with van der Waals surface area (Å²) >= 11 is 3.42. The number of carbonyl (C=O) groups is 1. The first-order valence-corrected chi connectivity index (χ1v) is 6.63. The van der Waals surface area contributed by atoms with Gasteiger partial charge in [0.1, 0.15) is 6.10 Å². The Morgan fingerprint density at radius 2 is 2.33 bits per heavy atom. The molecule has 0 saturated heterocycles. The third kappa shape index (κ3) is 4.63. The topological polar surface area (TPSA) is 38.3 Å². The second-order valence-corrected chi connectivity index (χ2v) is 4.92. The monoisotopic (exact) mass is 311 g/mol. The summed E-state index contributed by atoms with van der Waals surface area (Å²) in [5.41, 5.74) is 1.89. The van der Waals surface area contributed by atoms with Gasteiger partial charge in [0.25, 0.3) is 5.91 Å². The van der Waals surface area contributed by atoms with Crippen molar-refractivity contribution in [3.8, 4) is 0 Å². The Morgan fingerprint density at radius 1 is 1.61 bits per heavy atom. The van der Waals surface area contributed by atoms with E-state index >= 15 is 0 Å². The summed E-state index contributed by atoms with van der Waals surface area (Å²) in [5.74, 6) is -0.149. The second-order valence-electron chi connectivity index (χ2n) is 4.06. The Bertz CT molecular complexity index is 432. The van der Waals surface area contributed by atoms with Crippen LogP contribution in [0.15, 0.2) is 35.3 Å². The van der Waals surface area contributed by atoms with Crippen LogP contribution >= 0.6 is 15.9 Å². The van der Waals surface area contributed by atoms with E-state index in [4.69, 9.17) is 4.74 Å². The van der Waals surface area contributed by atoms with Crippen LogP contribution in [-0.2, 0) is 9.53 Å². The van der Waals surface area contributed by atoms with E-state index in [2.05, 4.69) is 27.8 Å². The summed E-state index contributed by atoms with van der Waals surface area (Å²) in [4.78, 5) is 11.9. The van der Waals surface area contributed by atoms with Gasteiger partial charge >= 0.3 is 0 Å². The molecule has 0 aliphatic carbocycles. The molecular weight excluding hydrogens is 294 g/mol. The number of hydrogen-bond acceptors (Lipinski definition) is 2. The molecule has 0 radical (unpaired) electrons. The highest BCUT2D eigenvalue weighted by Crippen LogP contribution is 2.23. The maximum absolute atomic E-state index is 11.9. The number of rotatable bonds is 6. The van der Waals surface area contributed by atoms with Gasteiger partial charge in [-0.2, -0.15) is 0 Å². The van der Waals surface area contributed by atoms with Crippen molar-refractivity contribution in [1.29, 1.82) is 0 Å². The first-order valence-electron chi connectivity index (χ1n) is 5.84. The third-order valence-electron chi connectivity index (χ3n) is 2.44. The van der Waals surface area contributed by atoms with Crippen LogP contribution in [0.3, 0.4) is 0 Å². The Hall–Kier alpha value is -1.13. The molecule has 0 heterocycles. The van der Waals surface area contributed by atoms with E-state index in [9.17, 15) is 4.79 Å². The van der Waals surface area contributed by atoms with Crippen LogP contribution in [0.1, 0.15) is 18.9 Å². The average molecular weight is 312 g/mol. The van der Waals surface area contributed by atoms with Crippen LogP contribution in [0.25, 0.3) is 0 Å². The number of halogens is 1. The van der Waals surface area contributed by atoms with E-state index in [1.54, 1.807) is 13.0 Å². The number of anilines is 1. The van der Waals surface area contributed by atoms with Crippen molar-refractivity contribution in [2.24, 2.45) is 0 Å². The zero-order valence-electron chi connectivity index (χ0n) is 10.7. The molecule has 0 spiro atoms. The predicted octanol–water partition coefficient (Wildman–Crippen LogP) is 3.68. The van der Waals surface area contributed by atoms with Crippen molar-refractivity contribution in [1.82, 2.24) is 0 Å². The van der Waals surface area contributed by atoms with Gasteiger partial charge < -0.3 is 10.1 Å². The SMILES string of the molecule is C=CCCOC(C)C(=O)Nc1ccc(C)cc1Br. The first kappa shape index (κ1) is 14.9. The summed E-state index contributed by atoms with van der Waals surface area (Å²) in [5, 5.41) is 2.83. The van der Waals surface area contributed by atoms with E-state index in [1.807, 2.05) is 25.1 Å². The standard InChI is InChI=1S/C14H18BrNO2/c1-4-5-8-18-11(3)14(17)16-13-7-6-10(2)9-12(13)15/h4,6-7,9,11H,1,5,8H2,2-3H3,(H,16,17). The molecule has 1 rings (SSSR count). The maximum Gasteiger partial charge on any atom is 0.253 e. The number of nitrogens with one attached hydrogen (secondary N) is 1. The molecule has 4 heteroatoms. The lowest BCUT2D eigenvalue weighted by atomic mass is 10.2. The highest BCUT2D eigenvalue weighted by molar-refractivity contribution is 9.10. The van der Waals surface area contributed by atoms with Gasteiger partial charge in [0, 0.05) is 4.47 Å². The van der Waals surface area contributed by atoms with Gasteiger partial charge in [-0.3, -0.25) is 4.79 Å². The summed E-state index contributed by atoms with van der Waals surface area (Å²) < 4.78 is 6.25. The molecule has 0 aliphatic heterocycles. The minimum Gasteiger partial charge on any atom is -0.368 e. The number of benzene rings is 1. The molecule has 18 heavy (non-hydrogen) atoms. The van der Waals surface area contributed by atoms with Crippen LogP contribution in [0.2, 0.25) is 0 Å². The molecule has 1 aromatic carbocycles. The maximum atomic E-state index is 11.9. The van der Waals surface area contributed by atoms with Gasteiger partial charge in [-0.15, -0.1) is 6.58 Å². The lowest BCUT2D eigenvalue weighted by Crippen LogP contribution is -2.28. The van der Waals surface area contributed by atoms with Crippen LogP contribution in [0.5, 0.6) is 0 Å². The first-order chi connectivity index (χ1) is 8.54. The van der Waals surface area contributed by atoms with Gasteiger partial charge in [0.05, 0.1) is 12.3 Å². The molecule has 0 aliphatic rings. The summed E-state index contributed by atoms with van der Waals surface area (Å²) in [6, 6.07) is 5.77. The lowest BCUT2D eigenvalue weighted by Gasteiger charge is -2.14. The fourth-order valence-electron chi connectivity index (χ4n) is 1.36. The fraction of sp³-hybridized carbons (Fsp3) is 0.357. The fourth-order valence-corrected chi connectivity index (χ4v) is 1.95. The molecule has 0 aromatic heterocycles. The zero-order valence-corrected chi connectivity index (χ0v) is 12.3. The smallest absolute Gasteiger partial charge is 0.253 e. The second kappa shape index (κ2) is 7.34. The van der Waals surface area contributed by atoms with Crippen LogP contribution < -0.4 is 5.32 Å². The highest BCUT2D eigenvalue weighted by Gasteiger charge is 2.14. The van der Waals surface area contributed by atoms with Gasteiger partial charge in [-0.25, -0.2) is 0 Å². The number of hydrogen-bond donors (Lipinski definition) is 1. The molecule has 1 N–H and O–H groups in total. The van der Waals surface area contributed by atoms with E-state index in [0.29, 0.717) is 6.61 Å². The van der Waals surface area contributed by atoms with Crippen molar-refractivity contribution in [3.05, 3.63) is 40.9 Å². The van der Waals surface area contributed by atoms with Gasteiger partial charge in [-0.05, 0) is 53.9 Å². The van der Waals surface area contributed by atoms with E-state index in [1.165, 1.54) is 0 Å². The van der Waals surface area contributed by atoms with Gasteiger partial charge in [0.15, 0.2) is 0 Å². The molecule has 0 saturated carbocycles. The molecule has 1 unspecified atom stereocenters. The highest BCUT2D eigenvalue weighted by atomic mass is 79.9. The Balaban J connectivity index is 2.55. The van der Waals surface area contributed by atoms with Crippen molar-refractivity contribution in [2.45, 2.75) is 26.4 Å². The normalized spacial score (nSPS) is 11.9. The van der Waals surface area contributed by atoms with Crippen molar-refractivity contribution in [2.75, 3.05) is 11.9 Å². The Morgan fingerprint density at radius 3 is 2.94 bits per heavy atom. The van der Waals surface area contributed by atoms with E-state index in [-0.39, 0.29) is 5.91 Å². The largest absolute Gasteiger partial charge is 0.368 e. The number of carbonyl (C=O) groups excluding carboxylic acids is 1. The van der Waals surface area contributed by atoms with Gasteiger partial charge in [0.2, 0.25) is 0 Å². The number of aryl methyl sites for hydroxylation is 1. The van der Waals surface area contributed by atoms with Gasteiger partial charge in [-0.1, -0.05) is 12.1 Å². The van der Waals surface area contributed by atoms with Crippen molar-refractivity contribution in [3.63, 3.8) is 0 Å². The predicted molar refractivity (Wildman–Crippen MR) is 77.7 cm³/mol. The minimum absolute atomic E-state index is 0.149. The molecule has 0 fully saturated rings. The number of amides is 1. The quantitative estimate of drug-likeness (QED) is 0.643. The zero-order chi connectivity index (χ0) is 13.5. The van der Waals surface area contributed by atoms with Crippen LogP contribution in [0, 0.1) is 6.92 Å². The summed E-state index contributed by atoms with van der Waals surface area (Å²) in [6.45, 7) is 7.84. The lowest BCUT2D eigenvalue weighted by molar-refractivity contribution is -0.126. The molecule has 1 aromatic rings. The van der Waals surface area contributed by atoms with Crippen molar-refractivity contribution >= 4 is 27.5 Å².